The summed E-state index contributed by atoms with van der Waals surface area (Å²) in [5.74, 6) is 0. The summed E-state index contributed by atoms with van der Waals surface area (Å²) in [6.07, 6.45) is 2.17. The van der Waals surface area contributed by atoms with E-state index in [1.165, 1.54) is 0 Å². The summed E-state index contributed by atoms with van der Waals surface area (Å²) < 4.78 is 0. The molecule has 0 saturated heterocycles. The van der Waals surface area contributed by atoms with Gasteiger partial charge in [0.05, 0.1) is 6.10 Å². The van der Waals surface area contributed by atoms with E-state index in [0.29, 0.717) is 6.42 Å². The highest BCUT2D eigenvalue weighted by atomic mass is 16.3. The van der Waals surface area contributed by atoms with E-state index in [-0.39, 0.29) is 0 Å². The van der Waals surface area contributed by atoms with Crippen LogP contribution in [0.15, 0.2) is 0 Å². The molecule has 0 amide bonds. The molecule has 0 rings (SSSR count). The maximum absolute atomic E-state index is 10.1. The maximum atomic E-state index is 10.1. The lowest BCUT2D eigenvalue weighted by Gasteiger charge is -1.91. The summed E-state index contributed by atoms with van der Waals surface area (Å²) in [5, 5.41) is 10.1. The van der Waals surface area contributed by atoms with Gasteiger partial charge in [-0.05, 0) is 19.8 Å². The third kappa shape index (κ3) is 3.96. The van der Waals surface area contributed by atoms with Crippen molar-refractivity contribution in [2.45, 2.75) is 26.4 Å². The second kappa shape index (κ2) is 3.16. The SMILES string of the molecule is C[CH]CC(C)[O]. The van der Waals surface area contributed by atoms with Crippen LogP contribution in [-0.4, -0.2) is 6.10 Å². The molecule has 1 heteroatoms. The summed E-state index contributed by atoms with van der Waals surface area (Å²) in [5.41, 5.74) is 0. The average molecular weight is 86.1 g/mol. The van der Waals surface area contributed by atoms with Gasteiger partial charge >= 0.3 is 0 Å². The minimum absolute atomic E-state index is 0.407. The molecule has 1 unspecified atom stereocenters. The Labute approximate surface area is 39.0 Å². The lowest BCUT2D eigenvalue weighted by atomic mass is 10.2. The molecule has 0 aliphatic carbocycles. The molecule has 0 aromatic rings. The largest absolute Gasteiger partial charge is 0.233 e. The van der Waals surface area contributed by atoms with Crippen molar-refractivity contribution in [1.29, 1.82) is 0 Å². The summed E-state index contributed by atoms with van der Waals surface area (Å²) in [7, 11) is 0. The summed E-state index contributed by atoms with van der Waals surface area (Å²) in [4.78, 5) is 0. The first-order valence-electron chi connectivity index (χ1n) is 2.21. The van der Waals surface area contributed by atoms with Crippen LogP contribution < -0.4 is 0 Å². The summed E-state index contributed by atoms with van der Waals surface area (Å²) in [6.45, 7) is 3.56. The van der Waals surface area contributed by atoms with Crippen LogP contribution in [0.4, 0.5) is 0 Å². The number of hydrogen-bond acceptors (Lipinski definition) is 0. The van der Waals surface area contributed by atoms with Crippen molar-refractivity contribution < 1.29 is 5.11 Å². The standard InChI is InChI=1S/C5H10O/c1-3-4-5(2)6/h3,5H,4H2,1-2H3. The Hall–Kier alpha value is -0.0400. The smallest absolute Gasteiger partial charge is 0.0904 e. The Bertz CT molecular complexity index is 25.1. The Morgan fingerprint density at radius 3 is 2.33 bits per heavy atom. The highest BCUT2D eigenvalue weighted by Crippen LogP contribution is 1.90. The Morgan fingerprint density at radius 2 is 2.33 bits per heavy atom. The predicted molar refractivity (Wildman–Crippen MR) is 24.7 cm³/mol. The van der Waals surface area contributed by atoms with Crippen LogP contribution in [0.2, 0.25) is 0 Å². The topological polar surface area (TPSA) is 19.9 Å². The fourth-order valence-electron chi connectivity index (χ4n) is 0.332. The van der Waals surface area contributed by atoms with Crippen molar-refractivity contribution in [3.8, 4) is 0 Å². The molecule has 0 aliphatic rings. The van der Waals surface area contributed by atoms with Crippen LogP contribution in [0.5, 0.6) is 0 Å². The molecule has 0 heterocycles. The molecule has 0 spiro atoms. The highest BCUT2D eigenvalue weighted by Gasteiger charge is 1.90. The molecule has 1 nitrogen and oxygen atoms in total. The molecule has 2 radical (unpaired) electrons. The highest BCUT2D eigenvalue weighted by molar-refractivity contribution is 4.58. The summed E-state index contributed by atoms with van der Waals surface area (Å²) in [6, 6.07) is 0. The van der Waals surface area contributed by atoms with E-state index in [1.807, 2.05) is 13.3 Å². The fourth-order valence-corrected chi connectivity index (χ4v) is 0.332. The van der Waals surface area contributed by atoms with E-state index in [4.69, 9.17) is 0 Å². The van der Waals surface area contributed by atoms with Gasteiger partial charge in [0.1, 0.15) is 0 Å². The van der Waals surface area contributed by atoms with Crippen molar-refractivity contribution in [3.63, 3.8) is 0 Å². The lowest BCUT2D eigenvalue weighted by molar-refractivity contribution is 0.105. The molecule has 36 valence electrons. The van der Waals surface area contributed by atoms with Crippen molar-refractivity contribution in [1.82, 2.24) is 0 Å². The predicted octanol–water partition coefficient (Wildman–Crippen LogP) is 1.42. The normalized spacial score (nSPS) is 14.5. The van der Waals surface area contributed by atoms with E-state index in [2.05, 4.69) is 0 Å². The van der Waals surface area contributed by atoms with Crippen LogP contribution in [0.3, 0.4) is 0 Å². The van der Waals surface area contributed by atoms with E-state index in [1.54, 1.807) is 6.92 Å². The van der Waals surface area contributed by atoms with Crippen LogP contribution in [-0.2, 0) is 5.11 Å². The monoisotopic (exact) mass is 86.1 g/mol. The molecule has 0 N–H and O–H groups in total. The van der Waals surface area contributed by atoms with Crippen LogP contribution in [0, 0.1) is 6.42 Å². The van der Waals surface area contributed by atoms with Gasteiger partial charge in [-0.15, -0.1) is 0 Å². The molecule has 0 aliphatic heterocycles. The van der Waals surface area contributed by atoms with Gasteiger partial charge in [0.15, 0.2) is 0 Å². The molecule has 0 aromatic carbocycles. The van der Waals surface area contributed by atoms with Gasteiger partial charge in [-0.1, -0.05) is 6.92 Å². The van der Waals surface area contributed by atoms with Crippen LogP contribution in [0.25, 0.3) is 0 Å². The van der Waals surface area contributed by atoms with Crippen molar-refractivity contribution in [2.24, 2.45) is 0 Å². The Morgan fingerprint density at radius 1 is 1.83 bits per heavy atom. The zero-order valence-electron chi connectivity index (χ0n) is 4.27. The molecular formula is C5H10O. The minimum Gasteiger partial charge on any atom is -0.233 e. The number of rotatable bonds is 2. The minimum atomic E-state index is -0.407. The van der Waals surface area contributed by atoms with Gasteiger partial charge < -0.3 is 0 Å². The second-order valence-corrected chi connectivity index (χ2v) is 1.45. The third-order valence-corrected chi connectivity index (χ3v) is 0.568. The van der Waals surface area contributed by atoms with Crippen molar-refractivity contribution in [3.05, 3.63) is 6.42 Å². The molecule has 0 aromatic heterocycles. The molecule has 0 fully saturated rings. The van der Waals surface area contributed by atoms with Gasteiger partial charge in [-0.3, -0.25) is 0 Å². The quantitative estimate of drug-likeness (QED) is 0.484. The zero-order chi connectivity index (χ0) is 4.99. The van der Waals surface area contributed by atoms with E-state index < -0.39 is 6.10 Å². The van der Waals surface area contributed by atoms with Gasteiger partial charge in [-0.2, -0.15) is 0 Å². The van der Waals surface area contributed by atoms with Gasteiger partial charge in [0, 0.05) is 0 Å². The van der Waals surface area contributed by atoms with E-state index in [9.17, 15) is 5.11 Å². The van der Waals surface area contributed by atoms with Crippen molar-refractivity contribution >= 4 is 0 Å². The van der Waals surface area contributed by atoms with Crippen molar-refractivity contribution in [2.75, 3.05) is 0 Å². The molecule has 6 heavy (non-hydrogen) atoms. The maximum Gasteiger partial charge on any atom is 0.0904 e. The van der Waals surface area contributed by atoms with Crippen LogP contribution >= 0.6 is 0 Å². The molecular weight excluding hydrogens is 76.1 g/mol. The van der Waals surface area contributed by atoms with Gasteiger partial charge in [0.2, 0.25) is 0 Å². The third-order valence-electron chi connectivity index (χ3n) is 0.568. The average Bonchev–Trinajstić information content (AvgIpc) is 1.35. The molecule has 1 atom stereocenters. The summed E-state index contributed by atoms with van der Waals surface area (Å²) >= 11 is 0. The van der Waals surface area contributed by atoms with Gasteiger partial charge in [-0.25, -0.2) is 5.11 Å². The van der Waals surface area contributed by atoms with Gasteiger partial charge in [0.25, 0.3) is 0 Å². The Balaban J connectivity index is 2.63. The Kier molecular flexibility index (Phi) is 3.14. The first-order chi connectivity index (χ1) is 2.77. The first-order valence-corrected chi connectivity index (χ1v) is 2.21. The number of hydrogen-bond donors (Lipinski definition) is 0. The molecule has 0 saturated carbocycles. The molecule has 0 bridgehead atoms. The van der Waals surface area contributed by atoms with Crippen LogP contribution in [0.1, 0.15) is 20.3 Å². The lowest BCUT2D eigenvalue weighted by Crippen LogP contribution is -1.93. The van der Waals surface area contributed by atoms with E-state index >= 15 is 0 Å². The zero-order valence-corrected chi connectivity index (χ0v) is 4.27. The first kappa shape index (κ1) is 5.96. The van der Waals surface area contributed by atoms with E-state index in [0.717, 1.165) is 0 Å². The second-order valence-electron chi connectivity index (χ2n) is 1.45. The fraction of sp³-hybridized carbons (Fsp3) is 0.800.